The number of rotatable bonds is 8. The Labute approximate surface area is 173 Å². The number of nitrogens with zero attached hydrogens (tertiary/aromatic N) is 1. The van der Waals surface area contributed by atoms with Crippen LogP contribution in [0.1, 0.15) is 55.5 Å². The summed E-state index contributed by atoms with van der Waals surface area (Å²) in [7, 11) is 3.40. The SMILES string of the molecule is CCCCCCN1CCc2c([nH]c3ccccc23)C1c1ccc(OC)c(OC)c1. The summed E-state index contributed by atoms with van der Waals surface area (Å²) in [5.41, 5.74) is 5.28. The van der Waals surface area contributed by atoms with Gasteiger partial charge in [-0.3, -0.25) is 4.90 Å². The van der Waals surface area contributed by atoms with Crippen LogP contribution in [0.15, 0.2) is 42.5 Å². The van der Waals surface area contributed by atoms with Crippen LogP contribution in [0.3, 0.4) is 0 Å². The average Bonchev–Trinajstić information content (AvgIpc) is 3.14. The van der Waals surface area contributed by atoms with Crippen molar-refractivity contribution >= 4 is 10.9 Å². The van der Waals surface area contributed by atoms with Crippen molar-refractivity contribution in [3.63, 3.8) is 0 Å². The van der Waals surface area contributed by atoms with Gasteiger partial charge in [0, 0.05) is 23.1 Å². The van der Waals surface area contributed by atoms with Crippen LogP contribution in [0.2, 0.25) is 0 Å². The Morgan fingerprint density at radius 1 is 1.00 bits per heavy atom. The molecule has 0 bridgehead atoms. The van der Waals surface area contributed by atoms with Gasteiger partial charge < -0.3 is 14.5 Å². The van der Waals surface area contributed by atoms with E-state index >= 15 is 0 Å². The molecule has 1 aliphatic rings. The van der Waals surface area contributed by atoms with Crippen LogP contribution >= 0.6 is 0 Å². The first kappa shape index (κ1) is 19.8. The predicted octanol–water partition coefficient (Wildman–Crippen LogP) is 5.71. The summed E-state index contributed by atoms with van der Waals surface area (Å²) in [5.74, 6) is 1.57. The van der Waals surface area contributed by atoms with E-state index in [1.54, 1.807) is 14.2 Å². The third-order valence-corrected chi connectivity index (χ3v) is 6.16. The molecule has 0 amide bonds. The minimum absolute atomic E-state index is 0.215. The molecule has 1 aromatic heterocycles. The number of H-pyrrole nitrogens is 1. The summed E-state index contributed by atoms with van der Waals surface area (Å²) in [6, 6.07) is 15.2. The number of hydrogen-bond donors (Lipinski definition) is 1. The normalized spacial score (nSPS) is 16.7. The number of aromatic nitrogens is 1. The fraction of sp³-hybridized carbons (Fsp3) is 0.440. The Kier molecular flexibility index (Phi) is 6.10. The number of unbranched alkanes of at least 4 members (excludes halogenated alkanes) is 3. The molecule has 0 aliphatic carbocycles. The van der Waals surface area contributed by atoms with Crippen molar-refractivity contribution in [2.24, 2.45) is 0 Å². The highest BCUT2D eigenvalue weighted by Crippen LogP contribution is 2.40. The van der Waals surface area contributed by atoms with Crippen molar-refractivity contribution in [1.29, 1.82) is 0 Å². The van der Waals surface area contributed by atoms with E-state index in [9.17, 15) is 0 Å². The third kappa shape index (κ3) is 3.86. The number of fused-ring (bicyclic) bond motifs is 3. The monoisotopic (exact) mass is 392 g/mol. The van der Waals surface area contributed by atoms with Crippen LogP contribution in [0.4, 0.5) is 0 Å². The van der Waals surface area contributed by atoms with E-state index in [1.807, 2.05) is 6.07 Å². The maximum atomic E-state index is 5.61. The molecule has 0 saturated carbocycles. The Balaban J connectivity index is 1.75. The van der Waals surface area contributed by atoms with Gasteiger partial charge in [0.05, 0.1) is 20.3 Å². The number of nitrogens with one attached hydrogen (secondary N) is 1. The lowest BCUT2D eigenvalue weighted by Crippen LogP contribution is -2.36. The fourth-order valence-corrected chi connectivity index (χ4v) is 4.67. The number of aromatic amines is 1. The largest absolute Gasteiger partial charge is 0.493 e. The first-order valence-corrected chi connectivity index (χ1v) is 10.8. The molecule has 0 spiro atoms. The van der Waals surface area contributed by atoms with Gasteiger partial charge in [-0.1, -0.05) is 50.5 Å². The van der Waals surface area contributed by atoms with Gasteiger partial charge in [-0.15, -0.1) is 0 Å². The molecule has 2 heterocycles. The topological polar surface area (TPSA) is 37.5 Å². The molecule has 0 fully saturated rings. The van der Waals surface area contributed by atoms with Gasteiger partial charge in [0.1, 0.15) is 0 Å². The fourth-order valence-electron chi connectivity index (χ4n) is 4.67. The molecule has 3 aromatic rings. The predicted molar refractivity (Wildman–Crippen MR) is 119 cm³/mol. The van der Waals surface area contributed by atoms with Crippen LogP contribution in [0.5, 0.6) is 11.5 Å². The zero-order valence-corrected chi connectivity index (χ0v) is 17.8. The van der Waals surface area contributed by atoms with Crippen LogP contribution in [-0.4, -0.2) is 37.2 Å². The number of methoxy groups -OCH3 is 2. The Morgan fingerprint density at radius 2 is 1.83 bits per heavy atom. The zero-order chi connectivity index (χ0) is 20.2. The second-order valence-electron chi connectivity index (χ2n) is 7.93. The van der Waals surface area contributed by atoms with E-state index in [1.165, 1.54) is 53.4 Å². The van der Waals surface area contributed by atoms with E-state index in [2.05, 4.69) is 53.2 Å². The van der Waals surface area contributed by atoms with Crippen molar-refractivity contribution in [2.75, 3.05) is 27.3 Å². The molecule has 154 valence electrons. The molecule has 0 saturated heterocycles. The standard InChI is InChI=1S/C25H32N2O2/c1-4-5-6-9-15-27-16-14-20-19-10-7-8-11-21(19)26-24(20)25(27)18-12-13-22(28-2)23(17-18)29-3/h7-8,10-13,17,25-26H,4-6,9,14-16H2,1-3H3. The molecular formula is C25H32N2O2. The van der Waals surface area contributed by atoms with Crippen molar-refractivity contribution in [3.8, 4) is 11.5 Å². The van der Waals surface area contributed by atoms with Crippen molar-refractivity contribution in [1.82, 2.24) is 9.88 Å². The molecule has 2 aromatic carbocycles. The summed E-state index contributed by atoms with van der Waals surface area (Å²) in [6.45, 7) is 4.47. The van der Waals surface area contributed by atoms with E-state index in [4.69, 9.17) is 9.47 Å². The van der Waals surface area contributed by atoms with Crippen molar-refractivity contribution in [3.05, 3.63) is 59.3 Å². The zero-order valence-electron chi connectivity index (χ0n) is 17.8. The van der Waals surface area contributed by atoms with Crippen LogP contribution in [-0.2, 0) is 6.42 Å². The van der Waals surface area contributed by atoms with Gasteiger partial charge in [0.15, 0.2) is 11.5 Å². The minimum atomic E-state index is 0.215. The summed E-state index contributed by atoms with van der Waals surface area (Å²) >= 11 is 0. The quantitative estimate of drug-likeness (QED) is 0.499. The molecule has 4 rings (SSSR count). The third-order valence-electron chi connectivity index (χ3n) is 6.16. The van der Waals surface area contributed by atoms with E-state index < -0.39 is 0 Å². The molecule has 4 nitrogen and oxygen atoms in total. The summed E-state index contributed by atoms with van der Waals surface area (Å²) < 4.78 is 11.1. The lowest BCUT2D eigenvalue weighted by Gasteiger charge is -2.36. The molecule has 1 N–H and O–H groups in total. The molecule has 29 heavy (non-hydrogen) atoms. The molecule has 4 heteroatoms. The summed E-state index contributed by atoms with van der Waals surface area (Å²) in [5, 5.41) is 1.36. The molecule has 1 atom stereocenters. The summed E-state index contributed by atoms with van der Waals surface area (Å²) in [4.78, 5) is 6.38. The Morgan fingerprint density at radius 3 is 2.62 bits per heavy atom. The van der Waals surface area contributed by atoms with Crippen molar-refractivity contribution < 1.29 is 9.47 Å². The number of ether oxygens (including phenoxy) is 2. The van der Waals surface area contributed by atoms with E-state index in [-0.39, 0.29) is 6.04 Å². The highest BCUT2D eigenvalue weighted by atomic mass is 16.5. The number of hydrogen-bond acceptors (Lipinski definition) is 3. The Hall–Kier alpha value is -2.46. The molecular weight excluding hydrogens is 360 g/mol. The van der Waals surface area contributed by atoms with E-state index in [0.717, 1.165) is 31.0 Å². The maximum Gasteiger partial charge on any atom is 0.161 e. The van der Waals surface area contributed by atoms with Crippen LogP contribution in [0.25, 0.3) is 10.9 Å². The van der Waals surface area contributed by atoms with Crippen LogP contribution < -0.4 is 9.47 Å². The lowest BCUT2D eigenvalue weighted by atomic mass is 9.92. The molecule has 1 aliphatic heterocycles. The lowest BCUT2D eigenvalue weighted by molar-refractivity contribution is 0.206. The first-order valence-electron chi connectivity index (χ1n) is 10.8. The van der Waals surface area contributed by atoms with E-state index in [0.29, 0.717) is 0 Å². The van der Waals surface area contributed by atoms with Gasteiger partial charge in [-0.25, -0.2) is 0 Å². The van der Waals surface area contributed by atoms with Crippen molar-refractivity contribution in [2.45, 2.75) is 45.1 Å². The van der Waals surface area contributed by atoms with Gasteiger partial charge >= 0.3 is 0 Å². The van der Waals surface area contributed by atoms with Crippen LogP contribution in [0, 0.1) is 0 Å². The number of benzene rings is 2. The van der Waals surface area contributed by atoms with Gasteiger partial charge in [-0.2, -0.15) is 0 Å². The smallest absolute Gasteiger partial charge is 0.161 e. The maximum absolute atomic E-state index is 5.61. The van der Waals surface area contributed by atoms with Gasteiger partial charge in [-0.05, 0) is 48.7 Å². The second-order valence-corrected chi connectivity index (χ2v) is 7.93. The van der Waals surface area contributed by atoms with Gasteiger partial charge in [0.25, 0.3) is 0 Å². The highest BCUT2D eigenvalue weighted by Gasteiger charge is 2.31. The second kappa shape index (κ2) is 8.91. The number of para-hydroxylation sites is 1. The first-order chi connectivity index (χ1) is 14.3. The van der Waals surface area contributed by atoms with Gasteiger partial charge in [0.2, 0.25) is 0 Å². The molecule has 0 radical (unpaired) electrons. The average molecular weight is 393 g/mol. The Bertz CT molecular complexity index is 963. The molecule has 1 unspecified atom stereocenters. The minimum Gasteiger partial charge on any atom is -0.493 e. The summed E-state index contributed by atoms with van der Waals surface area (Å²) in [6.07, 6.45) is 6.22. The highest BCUT2D eigenvalue weighted by molar-refractivity contribution is 5.85.